The van der Waals surface area contributed by atoms with Gasteiger partial charge in [0.05, 0.1) is 22.5 Å². The number of urea groups is 1. The number of phenols is 1. The van der Waals surface area contributed by atoms with Gasteiger partial charge in [-0.1, -0.05) is 12.1 Å². The summed E-state index contributed by atoms with van der Waals surface area (Å²) in [5.41, 5.74) is 3.27. The predicted molar refractivity (Wildman–Crippen MR) is 215 cm³/mol. The van der Waals surface area contributed by atoms with Gasteiger partial charge in [-0.25, -0.2) is 9.18 Å². The summed E-state index contributed by atoms with van der Waals surface area (Å²) in [6.45, 7) is 14.1. The number of imide groups is 1. The summed E-state index contributed by atoms with van der Waals surface area (Å²) < 4.78 is 14.2. The molecule has 6 aliphatic rings. The van der Waals surface area contributed by atoms with Crippen molar-refractivity contribution in [2.45, 2.75) is 70.1 Å². The Kier molecular flexibility index (Phi) is 9.44. The summed E-state index contributed by atoms with van der Waals surface area (Å²) in [5.74, 6) is -0.853. The molecule has 0 saturated carbocycles. The summed E-state index contributed by atoms with van der Waals surface area (Å²) in [6.07, 6.45) is 2.65. The molecule has 2 atom stereocenters. The zero-order valence-corrected chi connectivity index (χ0v) is 33.3. The van der Waals surface area contributed by atoms with Gasteiger partial charge in [0.15, 0.2) is 17.4 Å². The van der Waals surface area contributed by atoms with Gasteiger partial charge < -0.3 is 34.9 Å². The van der Waals surface area contributed by atoms with Crippen LogP contribution >= 0.6 is 0 Å². The molecule has 4 fully saturated rings. The molecule has 15 nitrogen and oxygen atoms in total. The largest absolute Gasteiger partial charge is 0.504 e. The number of piperazine rings is 2. The average molecular weight is 795 g/mol. The van der Waals surface area contributed by atoms with Crippen LogP contribution in [0.5, 0.6) is 5.75 Å². The van der Waals surface area contributed by atoms with Gasteiger partial charge in [-0.15, -0.1) is 10.2 Å². The zero-order valence-electron chi connectivity index (χ0n) is 33.3. The lowest BCUT2D eigenvalue weighted by Crippen LogP contribution is -2.70. The maximum Gasteiger partial charge on any atom is 0.320 e. The van der Waals surface area contributed by atoms with Gasteiger partial charge in [0.2, 0.25) is 11.8 Å². The molecule has 5 amide bonds. The quantitative estimate of drug-likeness (QED) is 0.325. The molecule has 16 heteroatoms. The van der Waals surface area contributed by atoms with Crippen molar-refractivity contribution in [3.63, 3.8) is 0 Å². The van der Waals surface area contributed by atoms with Crippen LogP contribution in [0.1, 0.15) is 62.4 Å². The van der Waals surface area contributed by atoms with Crippen LogP contribution in [0.25, 0.3) is 11.3 Å². The van der Waals surface area contributed by atoms with Gasteiger partial charge >= 0.3 is 6.03 Å². The first-order valence-electron chi connectivity index (χ1n) is 20.5. The van der Waals surface area contributed by atoms with Gasteiger partial charge in [-0.3, -0.25) is 24.6 Å². The highest BCUT2D eigenvalue weighted by molar-refractivity contribution is 6.05. The molecular formula is C42H51FN10O5. The molecule has 306 valence electrons. The number of nitrogens with one attached hydrogen (secondary N) is 2. The third kappa shape index (κ3) is 6.74. The lowest BCUT2D eigenvalue weighted by molar-refractivity contribution is -0.136. The first kappa shape index (κ1) is 38.0. The highest BCUT2D eigenvalue weighted by atomic mass is 19.1. The number of carbonyl (C=O) groups is 4. The molecule has 3 N–H and O–H groups in total. The van der Waals surface area contributed by atoms with Gasteiger partial charge in [0.1, 0.15) is 6.04 Å². The van der Waals surface area contributed by atoms with Crippen LogP contribution in [0.15, 0.2) is 42.5 Å². The number of piperidine rings is 2. The van der Waals surface area contributed by atoms with Crippen LogP contribution in [0, 0.1) is 11.7 Å². The molecule has 0 bridgehead atoms. The molecule has 0 aliphatic carbocycles. The van der Waals surface area contributed by atoms with E-state index in [-0.39, 0.29) is 35.4 Å². The topological polar surface area (TPSA) is 158 Å². The highest BCUT2D eigenvalue weighted by Crippen LogP contribution is 2.41. The number of fused-ring (bicyclic) bond motifs is 4. The number of benzene rings is 2. The third-order valence-electron chi connectivity index (χ3n) is 13.2. The van der Waals surface area contributed by atoms with Gasteiger partial charge in [0.25, 0.3) is 5.91 Å². The van der Waals surface area contributed by atoms with E-state index in [9.17, 15) is 28.7 Å². The molecule has 3 aromatic rings. The molecule has 9 rings (SSSR count). The molecule has 6 aliphatic heterocycles. The fourth-order valence-electron chi connectivity index (χ4n) is 10.0. The summed E-state index contributed by atoms with van der Waals surface area (Å²) >= 11 is 0. The van der Waals surface area contributed by atoms with Crippen LogP contribution in [0.3, 0.4) is 0 Å². The van der Waals surface area contributed by atoms with Crippen molar-refractivity contribution in [1.29, 1.82) is 0 Å². The monoisotopic (exact) mass is 794 g/mol. The normalized spacial score (nSPS) is 24.9. The fourth-order valence-corrected chi connectivity index (χ4v) is 10.0. The number of aromatic nitrogens is 2. The minimum absolute atomic E-state index is 0.0518. The second-order valence-corrected chi connectivity index (χ2v) is 17.7. The smallest absolute Gasteiger partial charge is 0.320 e. The van der Waals surface area contributed by atoms with Crippen molar-refractivity contribution < 1.29 is 28.7 Å². The number of phenolic OH excluding ortho intramolecular Hbond substituents is 1. The lowest BCUT2D eigenvalue weighted by atomic mass is 9.92. The Labute approximate surface area is 337 Å². The number of anilines is 3. The van der Waals surface area contributed by atoms with Crippen LogP contribution < -0.4 is 20.4 Å². The zero-order chi connectivity index (χ0) is 40.5. The summed E-state index contributed by atoms with van der Waals surface area (Å²) in [6, 6.07) is 11.7. The van der Waals surface area contributed by atoms with Gasteiger partial charge in [-0.2, -0.15) is 0 Å². The van der Waals surface area contributed by atoms with Crippen molar-refractivity contribution in [2.75, 3.05) is 80.6 Å². The average Bonchev–Trinajstić information content (AvgIpc) is 3.52. The van der Waals surface area contributed by atoms with Crippen molar-refractivity contribution in [1.82, 2.24) is 35.1 Å². The number of aromatic hydroxyl groups is 1. The molecular weight excluding hydrogens is 744 g/mol. The van der Waals surface area contributed by atoms with Crippen molar-refractivity contribution >= 4 is 40.9 Å². The second kappa shape index (κ2) is 14.4. The minimum Gasteiger partial charge on any atom is -0.504 e. The first-order chi connectivity index (χ1) is 27.8. The number of carbonyl (C=O) groups excluding carboxylic acids is 4. The molecule has 0 spiro atoms. The Balaban J connectivity index is 0.783. The highest BCUT2D eigenvalue weighted by Gasteiger charge is 2.47. The van der Waals surface area contributed by atoms with Crippen LogP contribution in [0.4, 0.5) is 26.4 Å². The number of amides is 5. The van der Waals surface area contributed by atoms with E-state index in [1.54, 1.807) is 11.0 Å². The van der Waals surface area contributed by atoms with E-state index in [0.717, 1.165) is 62.5 Å². The van der Waals surface area contributed by atoms with Crippen LogP contribution in [-0.2, 0) is 16.1 Å². The Bertz CT molecular complexity index is 2180. The Hall–Kier alpha value is -5.51. The predicted octanol–water partition coefficient (Wildman–Crippen LogP) is 3.49. The maximum absolute atomic E-state index is 14.3. The molecule has 0 unspecified atom stereocenters. The number of halogens is 1. The number of para-hydroxylation sites is 1. The van der Waals surface area contributed by atoms with Crippen molar-refractivity contribution in [2.24, 2.45) is 5.92 Å². The molecule has 7 heterocycles. The van der Waals surface area contributed by atoms with Gasteiger partial charge in [-0.05, 0) is 81.8 Å². The number of hydrogen-bond acceptors (Lipinski definition) is 11. The number of nitrogens with zero attached hydrogens (tertiary/aromatic N) is 8. The van der Waals surface area contributed by atoms with E-state index < -0.39 is 29.1 Å². The molecule has 2 aromatic carbocycles. The lowest BCUT2D eigenvalue weighted by Gasteiger charge is -2.55. The standard InChI is InChI=1S/C42H51FN10O5/c1-41(2)24-48(21-26-11-13-49(14-12-26)28-8-7-27-22-51(39(57)30(27)19-28)33-9-10-35(54)45-38(33)56)15-17-53(41)40(58)50-16-18-52-34-20-32(29-5-4-6-31(43)36(29)55)46-47-37(34)44-23-42(52,3)25-50/h4-8,19-20,26,33,55H,9-18,21-25H2,1-3H3,(H,44,47)(H,45,54,56)/t33-,42-/m0/s1. The van der Waals surface area contributed by atoms with E-state index in [2.05, 4.69) is 62.4 Å². The van der Waals surface area contributed by atoms with E-state index in [4.69, 9.17) is 0 Å². The molecule has 0 radical (unpaired) electrons. The Morgan fingerprint density at radius 1 is 0.931 bits per heavy atom. The summed E-state index contributed by atoms with van der Waals surface area (Å²) in [4.78, 5) is 64.6. The molecule has 1 aromatic heterocycles. The Morgan fingerprint density at radius 3 is 2.52 bits per heavy atom. The summed E-state index contributed by atoms with van der Waals surface area (Å²) in [5, 5.41) is 24.8. The minimum atomic E-state index is -0.715. The molecule has 4 saturated heterocycles. The summed E-state index contributed by atoms with van der Waals surface area (Å²) in [7, 11) is 0. The maximum atomic E-state index is 14.3. The van der Waals surface area contributed by atoms with Gasteiger partial charge in [0, 0.05) is 95.2 Å². The van der Waals surface area contributed by atoms with Crippen molar-refractivity contribution in [3.8, 4) is 17.0 Å². The van der Waals surface area contributed by atoms with E-state index >= 15 is 0 Å². The van der Waals surface area contributed by atoms with Crippen molar-refractivity contribution in [3.05, 3.63) is 59.4 Å². The molecule has 58 heavy (non-hydrogen) atoms. The third-order valence-corrected chi connectivity index (χ3v) is 13.2. The van der Waals surface area contributed by atoms with Crippen LogP contribution in [-0.4, -0.2) is 141 Å². The SMILES string of the molecule is CC1(C)CN(CC2CCN(c3ccc4c(c3)C(=O)N([C@H]3CCC(=O)NC3=O)C4)CC2)CCN1C(=O)N1CCN2c3cc(-c4cccc(F)c4O)nnc3NC[C@@]2(C)C1. The van der Waals surface area contributed by atoms with E-state index in [0.29, 0.717) is 68.7 Å². The second-order valence-electron chi connectivity index (χ2n) is 17.7. The number of rotatable bonds is 5. The first-order valence-corrected chi connectivity index (χ1v) is 20.5. The van der Waals surface area contributed by atoms with Crippen LogP contribution in [0.2, 0.25) is 0 Å². The fraction of sp³-hybridized carbons (Fsp3) is 0.524. The van der Waals surface area contributed by atoms with E-state index in [1.165, 1.54) is 12.1 Å². The van der Waals surface area contributed by atoms with E-state index in [1.807, 2.05) is 28.0 Å². The number of hydrogen-bond donors (Lipinski definition) is 3. The Morgan fingerprint density at radius 2 is 1.74 bits per heavy atom.